The summed E-state index contributed by atoms with van der Waals surface area (Å²) in [6, 6.07) is 13.0. The third kappa shape index (κ3) is 4.56. The zero-order valence-corrected chi connectivity index (χ0v) is 16.7. The summed E-state index contributed by atoms with van der Waals surface area (Å²) in [6.45, 7) is 6.41. The Morgan fingerprint density at radius 3 is 2.19 bits per heavy atom. The molecule has 0 atom stereocenters. The smallest absolute Gasteiger partial charge is 0.264 e. The fourth-order valence-electron chi connectivity index (χ4n) is 2.63. The summed E-state index contributed by atoms with van der Waals surface area (Å²) < 4.78 is 27.6. The molecule has 0 N–H and O–H groups in total. The molecule has 0 saturated carbocycles. The maximum Gasteiger partial charge on any atom is 0.264 e. The van der Waals surface area contributed by atoms with E-state index in [2.05, 4.69) is 0 Å². The van der Waals surface area contributed by atoms with E-state index in [1.807, 2.05) is 26.8 Å². The number of nitrogens with zero attached hydrogens (tertiary/aromatic N) is 2. The molecule has 2 rings (SSSR count). The molecular weight excluding hydrogens is 372 g/mol. The van der Waals surface area contributed by atoms with Gasteiger partial charge in [-0.1, -0.05) is 23.7 Å². The lowest BCUT2D eigenvalue weighted by Crippen LogP contribution is -2.43. The number of amides is 1. The average molecular weight is 395 g/mol. The van der Waals surface area contributed by atoms with Gasteiger partial charge in [-0.25, -0.2) is 8.42 Å². The number of rotatable bonds is 7. The van der Waals surface area contributed by atoms with Gasteiger partial charge in [-0.3, -0.25) is 9.10 Å². The largest absolute Gasteiger partial charge is 0.342 e. The minimum absolute atomic E-state index is 0.0933. The molecule has 0 aliphatic heterocycles. The van der Waals surface area contributed by atoms with Gasteiger partial charge in [-0.05, 0) is 62.7 Å². The first kappa shape index (κ1) is 20.3. The first-order valence-corrected chi connectivity index (χ1v) is 10.2. The highest BCUT2D eigenvalue weighted by Crippen LogP contribution is 2.25. The maximum atomic E-state index is 13.2. The molecule has 0 aliphatic rings. The second kappa shape index (κ2) is 8.56. The van der Waals surface area contributed by atoms with E-state index in [0.29, 0.717) is 23.8 Å². The maximum absolute atomic E-state index is 13.2. The van der Waals surface area contributed by atoms with Crippen molar-refractivity contribution in [3.63, 3.8) is 0 Å². The molecular formula is C19H23ClN2O3S. The van der Waals surface area contributed by atoms with Crippen molar-refractivity contribution in [1.82, 2.24) is 4.90 Å². The molecule has 0 fully saturated rings. The molecule has 7 heteroatoms. The third-order valence-corrected chi connectivity index (χ3v) is 6.13. The summed E-state index contributed by atoms with van der Waals surface area (Å²) in [6.07, 6.45) is 0. The Labute approximate surface area is 160 Å². The summed E-state index contributed by atoms with van der Waals surface area (Å²) >= 11 is 5.87. The number of aryl methyl sites for hydroxylation is 1. The Morgan fingerprint density at radius 1 is 1.04 bits per heavy atom. The average Bonchev–Trinajstić information content (AvgIpc) is 2.61. The quantitative estimate of drug-likeness (QED) is 0.719. The van der Waals surface area contributed by atoms with Crippen LogP contribution in [0.25, 0.3) is 0 Å². The van der Waals surface area contributed by atoms with Crippen molar-refractivity contribution in [2.45, 2.75) is 25.7 Å². The van der Waals surface area contributed by atoms with Gasteiger partial charge < -0.3 is 4.90 Å². The minimum Gasteiger partial charge on any atom is -0.342 e. The van der Waals surface area contributed by atoms with Crippen molar-refractivity contribution in [3.8, 4) is 0 Å². The predicted octanol–water partition coefficient (Wildman–Crippen LogP) is 3.71. The Hall–Kier alpha value is -2.05. The van der Waals surface area contributed by atoms with Crippen molar-refractivity contribution >= 4 is 33.2 Å². The van der Waals surface area contributed by atoms with E-state index in [4.69, 9.17) is 11.6 Å². The summed E-state index contributed by atoms with van der Waals surface area (Å²) in [5, 5.41) is 0.449. The zero-order chi connectivity index (χ0) is 19.3. The molecule has 0 heterocycles. The van der Waals surface area contributed by atoms with Crippen molar-refractivity contribution < 1.29 is 13.2 Å². The number of hydrogen-bond donors (Lipinski definition) is 0. The molecule has 140 valence electrons. The molecule has 0 bridgehead atoms. The monoisotopic (exact) mass is 394 g/mol. The number of anilines is 1. The SMILES string of the molecule is CCN(CC)C(=O)CN(c1cccc(C)c1)S(=O)(=O)c1ccc(Cl)cc1. The van der Waals surface area contributed by atoms with Crippen LogP contribution in [0.1, 0.15) is 19.4 Å². The van der Waals surface area contributed by atoms with E-state index in [0.717, 1.165) is 9.87 Å². The molecule has 0 unspecified atom stereocenters. The van der Waals surface area contributed by atoms with Crippen LogP contribution >= 0.6 is 11.6 Å². The van der Waals surface area contributed by atoms with E-state index >= 15 is 0 Å². The van der Waals surface area contributed by atoms with Crippen LogP contribution in [0.15, 0.2) is 53.4 Å². The van der Waals surface area contributed by atoms with E-state index in [9.17, 15) is 13.2 Å². The number of benzene rings is 2. The Balaban J connectivity index is 2.49. The lowest BCUT2D eigenvalue weighted by atomic mass is 10.2. The molecule has 0 aliphatic carbocycles. The number of hydrogen-bond acceptors (Lipinski definition) is 3. The van der Waals surface area contributed by atoms with Gasteiger partial charge in [0, 0.05) is 18.1 Å². The van der Waals surface area contributed by atoms with Crippen LogP contribution in [0.4, 0.5) is 5.69 Å². The number of sulfonamides is 1. The lowest BCUT2D eigenvalue weighted by molar-refractivity contribution is -0.129. The van der Waals surface area contributed by atoms with Crippen LogP contribution in [0, 0.1) is 6.92 Å². The zero-order valence-electron chi connectivity index (χ0n) is 15.1. The highest BCUT2D eigenvalue weighted by molar-refractivity contribution is 7.92. The lowest BCUT2D eigenvalue weighted by Gasteiger charge is -2.27. The standard InChI is InChI=1S/C19H23ClN2O3S/c1-4-21(5-2)19(23)14-22(17-8-6-7-15(3)13-17)26(24,25)18-11-9-16(20)10-12-18/h6-13H,4-5,14H2,1-3H3. The van der Waals surface area contributed by atoms with Crippen molar-refractivity contribution in [3.05, 3.63) is 59.1 Å². The number of carbonyl (C=O) groups is 1. The van der Waals surface area contributed by atoms with Crippen molar-refractivity contribution in [2.24, 2.45) is 0 Å². The molecule has 2 aromatic carbocycles. The Morgan fingerprint density at radius 2 is 1.65 bits per heavy atom. The second-order valence-electron chi connectivity index (χ2n) is 5.87. The van der Waals surface area contributed by atoms with E-state index in [-0.39, 0.29) is 17.3 Å². The molecule has 26 heavy (non-hydrogen) atoms. The summed E-state index contributed by atoms with van der Waals surface area (Å²) in [4.78, 5) is 14.3. The van der Waals surface area contributed by atoms with Crippen LogP contribution in [0.3, 0.4) is 0 Å². The molecule has 0 radical (unpaired) electrons. The molecule has 1 amide bonds. The fourth-order valence-corrected chi connectivity index (χ4v) is 4.16. The van der Waals surface area contributed by atoms with Crippen LogP contribution in [0.2, 0.25) is 5.02 Å². The van der Waals surface area contributed by atoms with Gasteiger partial charge in [0.25, 0.3) is 10.0 Å². The molecule has 2 aromatic rings. The van der Waals surface area contributed by atoms with Gasteiger partial charge >= 0.3 is 0 Å². The van der Waals surface area contributed by atoms with Crippen LogP contribution < -0.4 is 4.31 Å². The fraction of sp³-hybridized carbons (Fsp3) is 0.316. The first-order valence-electron chi connectivity index (χ1n) is 8.42. The molecule has 0 aromatic heterocycles. The minimum atomic E-state index is -3.91. The highest BCUT2D eigenvalue weighted by atomic mass is 35.5. The van der Waals surface area contributed by atoms with Crippen molar-refractivity contribution in [2.75, 3.05) is 23.9 Å². The van der Waals surface area contributed by atoms with Gasteiger partial charge in [0.05, 0.1) is 10.6 Å². The topological polar surface area (TPSA) is 57.7 Å². The predicted molar refractivity (Wildman–Crippen MR) is 105 cm³/mol. The highest BCUT2D eigenvalue weighted by Gasteiger charge is 2.28. The Bertz CT molecular complexity index is 863. The van der Waals surface area contributed by atoms with Gasteiger partial charge in [0.1, 0.15) is 6.54 Å². The van der Waals surface area contributed by atoms with Gasteiger partial charge in [0.2, 0.25) is 5.91 Å². The molecule has 5 nitrogen and oxygen atoms in total. The van der Waals surface area contributed by atoms with Crippen LogP contribution in [-0.4, -0.2) is 38.9 Å². The van der Waals surface area contributed by atoms with Crippen LogP contribution in [-0.2, 0) is 14.8 Å². The van der Waals surface area contributed by atoms with Gasteiger partial charge in [-0.2, -0.15) is 0 Å². The van der Waals surface area contributed by atoms with Gasteiger partial charge in [-0.15, -0.1) is 0 Å². The number of likely N-dealkylation sites (N-methyl/N-ethyl adjacent to an activating group) is 1. The normalized spacial score (nSPS) is 11.2. The van der Waals surface area contributed by atoms with Crippen LogP contribution in [0.5, 0.6) is 0 Å². The molecule has 0 saturated heterocycles. The number of carbonyl (C=O) groups excluding carboxylic acids is 1. The first-order chi connectivity index (χ1) is 12.3. The van der Waals surface area contributed by atoms with E-state index < -0.39 is 10.0 Å². The Kier molecular flexibility index (Phi) is 6.67. The van der Waals surface area contributed by atoms with Gasteiger partial charge in [0.15, 0.2) is 0 Å². The summed E-state index contributed by atoms with van der Waals surface area (Å²) in [5.74, 6) is -0.242. The summed E-state index contributed by atoms with van der Waals surface area (Å²) in [7, 11) is -3.91. The second-order valence-corrected chi connectivity index (χ2v) is 8.17. The third-order valence-electron chi connectivity index (χ3n) is 4.09. The van der Waals surface area contributed by atoms with E-state index in [1.54, 1.807) is 23.1 Å². The molecule has 0 spiro atoms. The summed E-state index contributed by atoms with van der Waals surface area (Å²) in [5.41, 5.74) is 1.37. The number of halogens is 1. The van der Waals surface area contributed by atoms with Crippen molar-refractivity contribution in [1.29, 1.82) is 0 Å². The van der Waals surface area contributed by atoms with E-state index in [1.165, 1.54) is 24.3 Å².